The van der Waals surface area contributed by atoms with Gasteiger partial charge in [-0.05, 0) is 41.3 Å². The molecule has 98 valence electrons. The maximum absolute atomic E-state index is 2.38. The van der Waals surface area contributed by atoms with Crippen molar-refractivity contribution in [2.24, 2.45) is 0 Å². The van der Waals surface area contributed by atoms with Crippen LogP contribution in [0.2, 0.25) is 0 Å². The molecule has 0 amide bonds. The highest BCUT2D eigenvalue weighted by atomic mass is 32.1. The fourth-order valence-corrected chi connectivity index (χ4v) is 3.96. The van der Waals surface area contributed by atoms with Crippen LogP contribution in [0.25, 0.3) is 9.75 Å². The molecule has 0 saturated carbocycles. The Hall–Kier alpha value is -0.600. The largest absolute Gasteiger partial charge is 0.143 e. The third kappa shape index (κ3) is 4.25. The quantitative estimate of drug-likeness (QED) is 0.491. The first-order chi connectivity index (χ1) is 8.90. The summed E-state index contributed by atoms with van der Waals surface area (Å²) in [5.41, 5.74) is 1.53. The Morgan fingerprint density at radius 1 is 0.944 bits per heavy atom. The van der Waals surface area contributed by atoms with Crippen molar-refractivity contribution >= 4 is 22.7 Å². The van der Waals surface area contributed by atoms with E-state index >= 15 is 0 Å². The number of thiophene rings is 2. The third-order valence-corrected chi connectivity index (χ3v) is 5.28. The predicted octanol–water partition coefficient (Wildman–Crippen LogP) is 6.38. The lowest BCUT2D eigenvalue weighted by atomic mass is 10.1. The monoisotopic (exact) mass is 278 g/mol. The van der Waals surface area contributed by atoms with Crippen molar-refractivity contribution in [3.8, 4) is 9.75 Å². The maximum Gasteiger partial charge on any atom is 0.0445 e. The molecule has 0 aromatic carbocycles. The summed E-state index contributed by atoms with van der Waals surface area (Å²) in [5, 5.41) is 4.49. The molecule has 0 radical (unpaired) electrons. The Labute approximate surface area is 119 Å². The lowest BCUT2D eigenvalue weighted by Crippen LogP contribution is -1.83. The molecule has 2 aromatic rings. The minimum Gasteiger partial charge on any atom is -0.143 e. The molecule has 0 atom stereocenters. The molecule has 0 spiro atoms. The molecule has 18 heavy (non-hydrogen) atoms. The minimum atomic E-state index is 1.26. The van der Waals surface area contributed by atoms with Crippen LogP contribution in [0.15, 0.2) is 29.0 Å². The van der Waals surface area contributed by atoms with Crippen molar-refractivity contribution in [3.63, 3.8) is 0 Å². The molecule has 0 nitrogen and oxygen atoms in total. The van der Waals surface area contributed by atoms with Gasteiger partial charge in [0, 0.05) is 9.75 Å². The van der Waals surface area contributed by atoms with Gasteiger partial charge in [0.1, 0.15) is 0 Å². The summed E-state index contributed by atoms with van der Waals surface area (Å²) in [6.07, 6.45) is 9.58. The molecule has 0 unspecified atom stereocenters. The molecule has 0 aliphatic carbocycles. The number of unbranched alkanes of at least 4 members (excludes halogenated alkanes) is 5. The van der Waals surface area contributed by atoms with Gasteiger partial charge in [-0.3, -0.25) is 0 Å². The van der Waals surface area contributed by atoms with Crippen molar-refractivity contribution < 1.29 is 0 Å². The highest BCUT2D eigenvalue weighted by Crippen LogP contribution is 2.31. The fourth-order valence-electron chi connectivity index (χ4n) is 2.16. The topological polar surface area (TPSA) is 0 Å². The summed E-state index contributed by atoms with van der Waals surface area (Å²) in [7, 11) is 0. The number of hydrogen-bond acceptors (Lipinski definition) is 2. The van der Waals surface area contributed by atoms with E-state index in [1.165, 1.54) is 60.3 Å². The van der Waals surface area contributed by atoms with E-state index in [1.54, 1.807) is 0 Å². The Morgan fingerprint density at radius 2 is 1.78 bits per heavy atom. The van der Waals surface area contributed by atoms with Gasteiger partial charge in [0.05, 0.1) is 0 Å². The Balaban J connectivity index is 1.71. The van der Waals surface area contributed by atoms with E-state index in [1.807, 2.05) is 22.7 Å². The molecule has 0 saturated heterocycles. The van der Waals surface area contributed by atoms with Crippen molar-refractivity contribution in [2.45, 2.75) is 51.9 Å². The van der Waals surface area contributed by atoms with Crippen LogP contribution in [-0.2, 0) is 6.42 Å². The average molecular weight is 278 g/mol. The van der Waals surface area contributed by atoms with Crippen molar-refractivity contribution in [1.29, 1.82) is 0 Å². The Bertz CT molecular complexity index is 426. The summed E-state index contributed by atoms with van der Waals surface area (Å²) >= 11 is 3.73. The molecule has 0 aliphatic heterocycles. The van der Waals surface area contributed by atoms with Crippen molar-refractivity contribution in [1.82, 2.24) is 0 Å². The highest BCUT2D eigenvalue weighted by molar-refractivity contribution is 7.20. The van der Waals surface area contributed by atoms with Gasteiger partial charge in [-0.1, -0.05) is 45.1 Å². The van der Waals surface area contributed by atoms with E-state index < -0.39 is 0 Å². The van der Waals surface area contributed by atoms with Crippen LogP contribution >= 0.6 is 22.7 Å². The zero-order valence-corrected chi connectivity index (χ0v) is 12.8. The summed E-state index contributed by atoms with van der Waals surface area (Å²) < 4.78 is 0. The Kier molecular flexibility index (Phi) is 5.95. The number of aryl methyl sites for hydroxylation is 1. The molecular formula is C16H22S2. The molecule has 0 bridgehead atoms. The molecule has 0 aliphatic rings. The van der Waals surface area contributed by atoms with Crippen molar-refractivity contribution in [2.75, 3.05) is 0 Å². The van der Waals surface area contributed by atoms with Crippen LogP contribution in [0.5, 0.6) is 0 Å². The van der Waals surface area contributed by atoms with Crippen molar-refractivity contribution in [3.05, 3.63) is 34.5 Å². The van der Waals surface area contributed by atoms with Gasteiger partial charge in [0.15, 0.2) is 0 Å². The molecule has 0 fully saturated rings. The van der Waals surface area contributed by atoms with Gasteiger partial charge in [-0.25, -0.2) is 0 Å². The summed E-state index contributed by atoms with van der Waals surface area (Å²) in [6.45, 7) is 2.28. The van der Waals surface area contributed by atoms with Crippen LogP contribution in [0.4, 0.5) is 0 Å². The lowest BCUT2D eigenvalue weighted by Gasteiger charge is -1.99. The second-order valence-electron chi connectivity index (χ2n) is 4.81. The van der Waals surface area contributed by atoms with Crippen LogP contribution in [0, 0.1) is 0 Å². The summed E-state index contributed by atoms with van der Waals surface area (Å²) in [6, 6.07) is 6.72. The number of rotatable bonds is 8. The zero-order chi connectivity index (χ0) is 12.6. The molecule has 2 heterocycles. The van der Waals surface area contributed by atoms with Gasteiger partial charge in [0.25, 0.3) is 0 Å². The van der Waals surface area contributed by atoms with E-state index in [2.05, 4.69) is 35.9 Å². The van der Waals surface area contributed by atoms with E-state index in [0.29, 0.717) is 0 Å². The van der Waals surface area contributed by atoms with Gasteiger partial charge in [-0.2, -0.15) is 0 Å². The average Bonchev–Trinajstić information content (AvgIpc) is 3.03. The van der Waals surface area contributed by atoms with Crippen LogP contribution < -0.4 is 0 Å². The highest BCUT2D eigenvalue weighted by Gasteiger charge is 2.03. The molecule has 2 heteroatoms. The third-order valence-electron chi connectivity index (χ3n) is 3.24. The van der Waals surface area contributed by atoms with Gasteiger partial charge >= 0.3 is 0 Å². The SMILES string of the molecule is CCCCCCCCc1csc(-c2cccs2)c1. The Morgan fingerprint density at radius 3 is 2.56 bits per heavy atom. The minimum absolute atomic E-state index is 1.26. The van der Waals surface area contributed by atoms with E-state index in [9.17, 15) is 0 Å². The van der Waals surface area contributed by atoms with Gasteiger partial charge in [0.2, 0.25) is 0 Å². The first-order valence-electron chi connectivity index (χ1n) is 7.01. The second kappa shape index (κ2) is 7.75. The van der Waals surface area contributed by atoms with E-state index in [-0.39, 0.29) is 0 Å². The zero-order valence-electron chi connectivity index (χ0n) is 11.2. The summed E-state index contributed by atoms with van der Waals surface area (Å²) in [5.74, 6) is 0. The number of hydrogen-bond donors (Lipinski definition) is 0. The smallest absolute Gasteiger partial charge is 0.0445 e. The van der Waals surface area contributed by atoms with Crippen LogP contribution in [0.1, 0.15) is 51.0 Å². The molecular weight excluding hydrogens is 256 g/mol. The van der Waals surface area contributed by atoms with Crippen LogP contribution in [0.3, 0.4) is 0 Å². The standard InChI is InChI=1S/C16H22S2/c1-2-3-4-5-6-7-9-14-12-16(18-13-14)15-10-8-11-17-15/h8,10-13H,2-7,9H2,1H3. The molecule has 0 N–H and O–H groups in total. The second-order valence-corrected chi connectivity index (χ2v) is 6.67. The molecule has 2 aromatic heterocycles. The van der Waals surface area contributed by atoms with E-state index in [4.69, 9.17) is 0 Å². The fraction of sp³-hybridized carbons (Fsp3) is 0.500. The maximum atomic E-state index is 2.38. The van der Waals surface area contributed by atoms with Gasteiger partial charge in [-0.15, -0.1) is 22.7 Å². The van der Waals surface area contributed by atoms with Gasteiger partial charge < -0.3 is 0 Å². The molecule has 2 rings (SSSR count). The summed E-state index contributed by atoms with van der Waals surface area (Å²) in [4.78, 5) is 2.85. The van der Waals surface area contributed by atoms with E-state index in [0.717, 1.165) is 0 Å². The predicted molar refractivity (Wildman–Crippen MR) is 84.7 cm³/mol. The van der Waals surface area contributed by atoms with Crippen LogP contribution in [-0.4, -0.2) is 0 Å². The first-order valence-corrected chi connectivity index (χ1v) is 8.77. The lowest BCUT2D eigenvalue weighted by molar-refractivity contribution is 0.608. The first kappa shape index (κ1) is 13.8. The normalized spacial score (nSPS) is 10.9.